The summed E-state index contributed by atoms with van der Waals surface area (Å²) >= 11 is 0. The largest absolute Gasteiger partial charge is 0.467 e. The summed E-state index contributed by atoms with van der Waals surface area (Å²) in [5.41, 5.74) is 16.7. The molecular weight excluding hydrogens is 544 g/mol. The number of hydrogen-bond acceptors (Lipinski definition) is 15. The minimum atomic E-state index is -1.46. The van der Waals surface area contributed by atoms with Crippen molar-refractivity contribution < 1.29 is 49.3 Å². The lowest BCUT2D eigenvalue weighted by Gasteiger charge is -2.48. The third kappa shape index (κ3) is 8.54. The van der Waals surface area contributed by atoms with E-state index in [-0.39, 0.29) is 32.6 Å². The molecule has 16 heteroatoms. The van der Waals surface area contributed by atoms with Gasteiger partial charge >= 0.3 is 0 Å². The van der Waals surface area contributed by atoms with Crippen molar-refractivity contribution in [1.29, 1.82) is 0 Å². The van der Waals surface area contributed by atoms with Gasteiger partial charge in [-0.1, -0.05) is 0 Å². The van der Waals surface area contributed by atoms with Crippen LogP contribution in [0.25, 0.3) is 0 Å². The van der Waals surface area contributed by atoms with Crippen molar-refractivity contribution in [2.45, 2.75) is 99.1 Å². The summed E-state index contributed by atoms with van der Waals surface area (Å²) in [4.78, 5) is 12.7. The average Bonchev–Trinajstić information content (AvgIpc) is 2.91. The summed E-state index contributed by atoms with van der Waals surface area (Å²) in [6.45, 7) is 2.07. The van der Waals surface area contributed by atoms with Gasteiger partial charge < -0.3 is 77.6 Å². The van der Waals surface area contributed by atoms with Crippen molar-refractivity contribution >= 4 is 5.91 Å². The highest BCUT2D eigenvalue weighted by Crippen LogP contribution is 2.32. The van der Waals surface area contributed by atoms with E-state index in [2.05, 4.69) is 16.0 Å². The zero-order valence-corrected chi connectivity index (χ0v) is 23.6. The van der Waals surface area contributed by atoms with E-state index < -0.39 is 78.8 Å². The second kappa shape index (κ2) is 15.3. The molecule has 2 fully saturated rings. The van der Waals surface area contributed by atoms with Gasteiger partial charge in [-0.05, 0) is 45.9 Å². The first-order chi connectivity index (χ1) is 19.4. The molecule has 2 heterocycles. The van der Waals surface area contributed by atoms with Crippen LogP contribution in [0.4, 0.5) is 0 Å². The molecule has 14 N–H and O–H groups in total. The molecule has 1 unspecified atom stereocenters. The third-order valence-electron chi connectivity index (χ3n) is 7.63. The highest BCUT2D eigenvalue weighted by atomic mass is 16.7. The summed E-state index contributed by atoms with van der Waals surface area (Å²) in [7, 11) is 1.57. The molecule has 0 spiro atoms. The molecule has 0 aromatic carbocycles. The lowest BCUT2D eigenvalue weighted by molar-refractivity contribution is -0.304. The van der Waals surface area contributed by atoms with E-state index in [1.54, 1.807) is 7.05 Å². The summed E-state index contributed by atoms with van der Waals surface area (Å²) < 4.78 is 23.7. The fourth-order valence-electron chi connectivity index (χ4n) is 5.38. The van der Waals surface area contributed by atoms with Crippen LogP contribution < -0.4 is 33.2 Å². The Morgan fingerprint density at radius 2 is 1.90 bits per heavy atom. The predicted octanol–water partition coefficient (Wildman–Crippen LogP) is -5.36. The topological polar surface area (TPSA) is 269 Å². The molecule has 3 rings (SSSR count). The molecule has 0 bridgehead atoms. The average molecular weight is 593 g/mol. The first-order valence-corrected chi connectivity index (χ1v) is 14.0. The van der Waals surface area contributed by atoms with Gasteiger partial charge in [0.05, 0.1) is 37.9 Å². The molecule has 1 amide bonds. The summed E-state index contributed by atoms with van der Waals surface area (Å²) in [5, 5.41) is 60.7. The summed E-state index contributed by atoms with van der Waals surface area (Å²) in [5.74, 6) is -0.170. The van der Waals surface area contributed by atoms with E-state index in [4.69, 9.17) is 41.3 Å². The Bertz CT molecular complexity index is 869. The Hall–Kier alpha value is -1.51. The van der Waals surface area contributed by atoms with Crippen molar-refractivity contribution in [3.05, 3.63) is 11.8 Å². The molecule has 0 aromatic heterocycles. The van der Waals surface area contributed by atoms with Gasteiger partial charge in [0.15, 0.2) is 6.29 Å². The van der Waals surface area contributed by atoms with Crippen LogP contribution >= 0.6 is 0 Å². The Balaban J connectivity index is 1.79. The van der Waals surface area contributed by atoms with Gasteiger partial charge in [-0.25, -0.2) is 0 Å². The Kier molecular flexibility index (Phi) is 12.7. The summed E-state index contributed by atoms with van der Waals surface area (Å²) in [6, 6.07) is -3.12. The van der Waals surface area contributed by atoms with Crippen LogP contribution in [-0.4, -0.2) is 144 Å². The van der Waals surface area contributed by atoms with Crippen LogP contribution in [0.3, 0.4) is 0 Å². The standard InChI is InChI=1S/C25H48N6O10/c1-25(37)11-38-24(18(35)21(25)29-2)41-20-15(31-22(36)16(33)5-6-26)9-14(28)19(17(20)34)40-23-13(27)4-3-12(39-23)10-30-7-8-32/h3,13-21,23-24,29-30,32-35,37H,4-11,26-28H2,1-2H3,(H,31,36)/t13-,14-,15-,16?,17-,18-,19-,20-,21-,23+,24-,25+/m0/s1. The molecule has 1 aliphatic carbocycles. The molecule has 41 heavy (non-hydrogen) atoms. The van der Waals surface area contributed by atoms with E-state index in [1.165, 1.54) is 6.92 Å². The molecule has 3 aliphatic rings. The minimum Gasteiger partial charge on any atom is -0.467 e. The molecule has 1 saturated carbocycles. The maximum Gasteiger partial charge on any atom is 0.249 e. The van der Waals surface area contributed by atoms with Crippen molar-refractivity contribution in [1.82, 2.24) is 16.0 Å². The number of nitrogens with one attached hydrogen (secondary N) is 3. The van der Waals surface area contributed by atoms with Crippen LogP contribution in [0.15, 0.2) is 11.8 Å². The van der Waals surface area contributed by atoms with Crippen LogP contribution in [0.2, 0.25) is 0 Å². The highest BCUT2D eigenvalue weighted by Gasteiger charge is 2.51. The molecule has 2 aliphatic heterocycles. The van der Waals surface area contributed by atoms with Crippen LogP contribution in [0, 0.1) is 0 Å². The van der Waals surface area contributed by atoms with E-state index >= 15 is 0 Å². The number of carbonyl (C=O) groups is 1. The van der Waals surface area contributed by atoms with Gasteiger partial charge in [-0.2, -0.15) is 0 Å². The van der Waals surface area contributed by atoms with Gasteiger partial charge in [-0.15, -0.1) is 0 Å². The van der Waals surface area contributed by atoms with Crippen molar-refractivity contribution in [3.8, 4) is 0 Å². The SMILES string of the molecule is CN[C@H]1[C@H](O)[C@H](O[C@@H]2[C@@H](O)[C@@H](O[C@H]3OC(CNCCO)=CC[C@@H]3N)[C@@H](N)C[C@@H]2NC(=O)C(O)CCN)OC[C@@]1(C)O. The Morgan fingerprint density at radius 1 is 1.20 bits per heavy atom. The molecule has 238 valence electrons. The van der Waals surface area contributed by atoms with Gasteiger partial charge in [0.1, 0.15) is 41.9 Å². The van der Waals surface area contributed by atoms with Crippen molar-refractivity contribution in [3.63, 3.8) is 0 Å². The fraction of sp³-hybridized carbons (Fsp3) is 0.880. The van der Waals surface area contributed by atoms with Gasteiger partial charge in [0.2, 0.25) is 12.2 Å². The monoisotopic (exact) mass is 592 g/mol. The molecular formula is C25H48N6O10. The Morgan fingerprint density at radius 3 is 2.56 bits per heavy atom. The minimum absolute atomic E-state index is 0.0216. The number of rotatable bonds is 13. The smallest absolute Gasteiger partial charge is 0.249 e. The number of hydrogen-bond donors (Lipinski definition) is 11. The zero-order chi connectivity index (χ0) is 30.3. The predicted molar refractivity (Wildman–Crippen MR) is 145 cm³/mol. The number of nitrogens with two attached hydrogens (primary N) is 3. The van der Waals surface area contributed by atoms with Crippen LogP contribution in [0.1, 0.15) is 26.2 Å². The molecule has 0 radical (unpaired) electrons. The van der Waals surface area contributed by atoms with Crippen LogP contribution in [0.5, 0.6) is 0 Å². The fourth-order valence-corrected chi connectivity index (χ4v) is 5.38. The normalized spacial score (nSPS) is 40.4. The number of carbonyl (C=O) groups excluding carboxylic acids is 1. The second-order valence-corrected chi connectivity index (χ2v) is 11.0. The number of ether oxygens (including phenoxy) is 4. The quantitative estimate of drug-likeness (QED) is 0.0891. The molecule has 1 saturated heterocycles. The Labute approximate surface area is 239 Å². The zero-order valence-electron chi connectivity index (χ0n) is 23.6. The highest BCUT2D eigenvalue weighted by molar-refractivity contribution is 5.80. The third-order valence-corrected chi connectivity index (χ3v) is 7.63. The number of likely N-dealkylation sites (N-methyl/N-ethyl adjacent to an activating group) is 1. The first kappa shape index (κ1) is 34.0. The van der Waals surface area contributed by atoms with E-state index in [9.17, 15) is 25.2 Å². The molecule has 0 aromatic rings. The maximum absolute atomic E-state index is 12.7. The number of aliphatic hydroxyl groups excluding tert-OH is 4. The molecule has 12 atom stereocenters. The number of aliphatic hydroxyl groups is 5. The first-order valence-electron chi connectivity index (χ1n) is 14.0. The maximum atomic E-state index is 12.7. The second-order valence-electron chi connectivity index (χ2n) is 11.0. The van der Waals surface area contributed by atoms with Crippen molar-refractivity contribution in [2.24, 2.45) is 17.2 Å². The lowest BCUT2D eigenvalue weighted by Crippen LogP contribution is -2.69. The van der Waals surface area contributed by atoms with Gasteiger partial charge in [-0.3, -0.25) is 4.79 Å². The van der Waals surface area contributed by atoms with Crippen molar-refractivity contribution in [2.75, 3.05) is 39.9 Å². The molecule has 16 nitrogen and oxygen atoms in total. The van der Waals surface area contributed by atoms with E-state index in [1.807, 2.05) is 6.08 Å². The van der Waals surface area contributed by atoms with Gasteiger partial charge in [0.25, 0.3) is 0 Å². The van der Waals surface area contributed by atoms with Crippen LogP contribution in [-0.2, 0) is 23.7 Å². The van der Waals surface area contributed by atoms with E-state index in [0.717, 1.165) is 0 Å². The lowest BCUT2D eigenvalue weighted by atomic mass is 9.83. The summed E-state index contributed by atoms with van der Waals surface area (Å²) in [6.07, 6.45) is -6.40. The number of amides is 1. The van der Waals surface area contributed by atoms with E-state index in [0.29, 0.717) is 25.3 Å². The van der Waals surface area contributed by atoms with Gasteiger partial charge in [0, 0.05) is 12.6 Å².